The van der Waals surface area contributed by atoms with Gasteiger partial charge in [0.1, 0.15) is 5.82 Å². The van der Waals surface area contributed by atoms with E-state index < -0.39 is 6.09 Å². The number of nitrogens with two attached hydrogens (primary N) is 2. The summed E-state index contributed by atoms with van der Waals surface area (Å²) in [4.78, 5) is 15.5. The van der Waals surface area contributed by atoms with Crippen LogP contribution in [0.4, 0.5) is 27.8 Å². The van der Waals surface area contributed by atoms with Crippen molar-refractivity contribution in [1.82, 2.24) is 4.98 Å². The minimum Gasteiger partial charge on any atom is -0.450 e. The van der Waals surface area contributed by atoms with Gasteiger partial charge in [0.05, 0.1) is 18.0 Å². The first-order chi connectivity index (χ1) is 11.1. The largest absolute Gasteiger partial charge is 0.450 e. The van der Waals surface area contributed by atoms with Gasteiger partial charge in [-0.25, -0.2) is 9.78 Å². The number of aromatic nitrogens is 1. The highest BCUT2D eigenvalue weighted by molar-refractivity contribution is 5.87. The highest BCUT2D eigenvalue weighted by atomic mass is 16.5. The van der Waals surface area contributed by atoms with E-state index in [4.69, 9.17) is 16.2 Å². The maximum absolute atomic E-state index is 11.5. The molecule has 0 radical (unpaired) electrons. The van der Waals surface area contributed by atoms with Gasteiger partial charge in [0.25, 0.3) is 0 Å². The van der Waals surface area contributed by atoms with E-state index in [9.17, 15) is 4.79 Å². The monoisotopic (exact) mass is 315 g/mol. The fourth-order valence-electron chi connectivity index (χ4n) is 2.04. The number of hydrogen-bond donors (Lipinski definition) is 4. The van der Waals surface area contributed by atoms with Gasteiger partial charge >= 0.3 is 6.09 Å². The van der Waals surface area contributed by atoms with E-state index in [1.807, 2.05) is 18.2 Å². The maximum Gasteiger partial charge on any atom is 0.412 e. The van der Waals surface area contributed by atoms with Crippen LogP contribution in [0.25, 0.3) is 0 Å². The van der Waals surface area contributed by atoms with Crippen LogP contribution >= 0.6 is 0 Å². The van der Waals surface area contributed by atoms with Crippen molar-refractivity contribution < 1.29 is 9.53 Å². The molecule has 7 nitrogen and oxygen atoms in total. The van der Waals surface area contributed by atoms with E-state index in [0.29, 0.717) is 17.9 Å². The highest BCUT2D eigenvalue weighted by Gasteiger charge is 2.10. The van der Waals surface area contributed by atoms with Gasteiger partial charge in [-0.1, -0.05) is 30.3 Å². The van der Waals surface area contributed by atoms with Crippen molar-refractivity contribution in [2.24, 2.45) is 0 Å². The summed E-state index contributed by atoms with van der Waals surface area (Å²) in [5.41, 5.74) is 13.9. The zero-order chi connectivity index (χ0) is 16.7. The second-order valence-corrected chi connectivity index (χ2v) is 4.86. The van der Waals surface area contributed by atoms with E-state index in [0.717, 1.165) is 6.42 Å². The number of pyridine rings is 1. The van der Waals surface area contributed by atoms with Crippen LogP contribution in [0.5, 0.6) is 0 Å². The fourth-order valence-corrected chi connectivity index (χ4v) is 2.04. The molecule has 2 aromatic rings. The van der Waals surface area contributed by atoms with Crippen LogP contribution in [-0.4, -0.2) is 24.2 Å². The predicted molar refractivity (Wildman–Crippen MR) is 92.3 cm³/mol. The highest BCUT2D eigenvalue weighted by Crippen LogP contribution is 2.26. The first-order valence-corrected chi connectivity index (χ1v) is 7.37. The third-order valence-corrected chi connectivity index (χ3v) is 3.17. The molecule has 6 N–H and O–H groups in total. The van der Waals surface area contributed by atoms with Crippen molar-refractivity contribution in [3.05, 3.63) is 42.0 Å². The Labute approximate surface area is 135 Å². The number of nitrogen functional groups attached to an aromatic ring is 2. The third-order valence-electron chi connectivity index (χ3n) is 3.17. The molecule has 0 unspecified atom stereocenters. The summed E-state index contributed by atoms with van der Waals surface area (Å²) in [6, 6.07) is 11.7. The number of nitrogens with one attached hydrogen (secondary N) is 2. The number of carbonyl (C=O) groups excluding carboxylic acids is 1. The number of hydrogen-bond acceptors (Lipinski definition) is 6. The first-order valence-electron chi connectivity index (χ1n) is 7.37. The van der Waals surface area contributed by atoms with Gasteiger partial charge in [-0.2, -0.15) is 0 Å². The third kappa shape index (κ3) is 4.77. The van der Waals surface area contributed by atoms with Crippen LogP contribution in [0.1, 0.15) is 12.5 Å². The summed E-state index contributed by atoms with van der Waals surface area (Å²) in [5.74, 6) is 0.443. The lowest BCUT2D eigenvalue weighted by molar-refractivity contribution is 0.168. The average molecular weight is 315 g/mol. The Morgan fingerprint density at radius 2 is 2.00 bits per heavy atom. The molecular weight excluding hydrogens is 294 g/mol. The molecule has 7 heteroatoms. The Kier molecular flexibility index (Phi) is 5.62. The van der Waals surface area contributed by atoms with Gasteiger partial charge in [0.2, 0.25) is 0 Å². The second kappa shape index (κ2) is 7.88. The van der Waals surface area contributed by atoms with E-state index in [1.165, 1.54) is 5.56 Å². The first kappa shape index (κ1) is 16.4. The van der Waals surface area contributed by atoms with Crippen molar-refractivity contribution >= 4 is 29.1 Å². The molecule has 23 heavy (non-hydrogen) atoms. The molecule has 1 aromatic heterocycles. The molecule has 2 rings (SSSR count). The normalized spacial score (nSPS) is 10.1. The van der Waals surface area contributed by atoms with Gasteiger partial charge in [-0.15, -0.1) is 0 Å². The van der Waals surface area contributed by atoms with Gasteiger partial charge in [-0.3, -0.25) is 5.32 Å². The van der Waals surface area contributed by atoms with Crippen LogP contribution < -0.4 is 22.1 Å². The second-order valence-electron chi connectivity index (χ2n) is 4.86. The standard InChI is InChI=1S/C16H21N5O2/c1-2-23-16(22)21-13-10-12(14(17)15(18)20-13)19-9-8-11-6-4-3-5-7-11/h3-7,10H,2,8-9,17H2,1H3,(H4,18,19,20,21,22). The molecule has 0 aliphatic rings. The average Bonchev–Trinajstić information content (AvgIpc) is 2.53. The molecule has 122 valence electrons. The number of amides is 1. The summed E-state index contributed by atoms with van der Waals surface area (Å²) in [7, 11) is 0. The van der Waals surface area contributed by atoms with Crippen LogP contribution in [0, 0.1) is 0 Å². The number of ether oxygens (including phenoxy) is 1. The topological polar surface area (TPSA) is 115 Å². The number of benzene rings is 1. The smallest absolute Gasteiger partial charge is 0.412 e. The predicted octanol–water partition coefficient (Wildman–Crippen LogP) is 2.47. The molecule has 0 aliphatic carbocycles. The van der Waals surface area contributed by atoms with Crippen molar-refractivity contribution in [2.45, 2.75) is 13.3 Å². The SMILES string of the molecule is CCOC(=O)Nc1cc(NCCc2ccccc2)c(N)c(N)n1. The number of anilines is 4. The van der Waals surface area contributed by atoms with E-state index in [-0.39, 0.29) is 18.2 Å². The van der Waals surface area contributed by atoms with Crippen LogP contribution in [-0.2, 0) is 11.2 Å². The molecular formula is C16H21N5O2. The summed E-state index contributed by atoms with van der Waals surface area (Å²) in [5, 5.41) is 5.72. The number of nitrogens with zero attached hydrogens (tertiary/aromatic N) is 1. The molecule has 0 bridgehead atoms. The zero-order valence-electron chi connectivity index (χ0n) is 13.0. The summed E-state index contributed by atoms with van der Waals surface area (Å²) < 4.78 is 4.81. The Balaban J connectivity index is 2.02. The quantitative estimate of drug-likeness (QED) is 0.651. The van der Waals surface area contributed by atoms with E-state index >= 15 is 0 Å². The number of rotatable bonds is 6. The molecule has 1 heterocycles. The van der Waals surface area contributed by atoms with Gasteiger partial charge < -0.3 is 21.5 Å². The Morgan fingerprint density at radius 1 is 1.26 bits per heavy atom. The molecule has 0 saturated carbocycles. The molecule has 0 aliphatic heterocycles. The number of carbonyl (C=O) groups is 1. The molecule has 0 atom stereocenters. The van der Waals surface area contributed by atoms with Crippen LogP contribution in [0.2, 0.25) is 0 Å². The Morgan fingerprint density at radius 3 is 2.70 bits per heavy atom. The van der Waals surface area contributed by atoms with Crippen molar-refractivity contribution in [1.29, 1.82) is 0 Å². The van der Waals surface area contributed by atoms with Crippen LogP contribution in [0.15, 0.2) is 36.4 Å². The minimum absolute atomic E-state index is 0.154. The lowest BCUT2D eigenvalue weighted by Crippen LogP contribution is -2.16. The lowest BCUT2D eigenvalue weighted by atomic mass is 10.1. The van der Waals surface area contributed by atoms with Crippen molar-refractivity contribution in [3.8, 4) is 0 Å². The summed E-state index contributed by atoms with van der Waals surface area (Å²) in [6.45, 7) is 2.68. The zero-order valence-corrected chi connectivity index (χ0v) is 13.0. The maximum atomic E-state index is 11.5. The van der Waals surface area contributed by atoms with Gasteiger partial charge in [0.15, 0.2) is 5.82 Å². The van der Waals surface area contributed by atoms with Gasteiger partial charge in [-0.05, 0) is 18.9 Å². The van der Waals surface area contributed by atoms with Crippen LogP contribution in [0.3, 0.4) is 0 Å². The van der Waals surface area contributed by atoms with E-state index in [1.54, 1.807) is 13.0 Å². The molecule has 0 spiro atoms. The molecule has 0 fully saturated rings. The fraction of sp³-hybridized carbons (Fsp3) is 0.250. The Hall–Kier alpha value is -2.96. The lowest BCUT2D eigenvalue weighted by Gasteiger charge is -2.13. The minimum atomic E-state index is -0.584. The van der Waals surface area contributed by atoms with E-state index in [2.05, 4.69) is 27.8 Å². The molecule has 0 saturated heterocycles. The molecule has 1 amide bonds. The van der Waals surface area contributed by atoms with Crippen molar-refractivity contribution in [3.63, 3.8) is 0 Å². The summed E-state index contributed by atoms with van der Waals surface area (Å²) >= 11 is 0. The Bertz CT molecular complexity index is 661. The van der Waals surface area contributed by atoms with Crippen molar-refractivity contribution in [2.75, 3.05) is 35.3 Å². The molecule has 1 aromatic carbocycles. The van der Waals surface area contributed by atoms with Gasteiger partial charge in [0, 0.05) is 12.6 Å². The summed E-state index contributed by atoms with van der Waals surface area (Å²) in [6.07, 6.45) is 0.253.